The zero-order chi connectivity index (χ0) is 13.0. The van der Waals surface area contributed by atoms with E-state index < -0.39 is 0 Å². The van der Waals surface area contributed by atoms with Crippen molar-refractivity contribution in [3.63, 3.8) is 0 Å². The third kappa shape index (κ3) is 3.61. The highest BCUT2D eigenvalue weighted by molar-refractivity contribution is 5.74. The molecule has 4 heteroatoms. The minimum absolute atomic E-state index is 0.105. The van der Waals surface area contributed by atoms with Gasteiger partial charge in [-0.3, -0.25) is 4.90 Å². The van der Waals surface area contributed by atoms with E-state index in [1.54, 1.807) is 0 Å². The summed E-state index contributed by atoms with van der Waals surface area (Å²) >= 11 is 0. The predicted octanol–water partition coefficient (Wildman–Crippen LogP) is 2.05. The van der Waals surface area contributed by atoms with Crippen LogP contribution in [0.15, 0.2) is 0 Å². The molecule has 0 atom stereocenters. The largest absolute Gasteiger partial charge is 0.336 e. The molecule has 0 radical (unpaired) electrons. The molecule has 0 aromatic carbocycles. The van der Waals surface area contributed by atoms with Crippen LogP contribution in [-0.2, 0) is 0 Å². The minimum atomic E-state index is 0.105. The van der Waals surface area contributed by atoms with E-state index in [2.05, 4.69) is 10.2 Å². The van der Waals surface area contributed by atoms with E-state index in [4.69, 9.17) is 0 Å². The third-order valence-corrected chi connectivity index (χ3v) is 4.10. The Labute approximate surface area is 111 Å². The van der Waals surface area contributed by atoms with Crippen molar-refractivity contribution in [1.82, 2.24) is 15.1 Å². The van der Waals surface area contributed by atoms with E-state index in [-0.39, 0.29) is 12.1 Å². The summed E-state index contributed by atoms with van der Waals surface area (Å²) < 4.78 is 0. The molecule has 2 aliphatic rings. The number of urea groups is 1. The van der Waals surface area contributed by atoms with Gasteiger partial charge in [-0.05, 0) is 26.7 Å². The van der Waals surface area contributed by atoms with Crippen LogP contribution in [0.3, 0.4) is 0 Å². The highest BCUT2D eigenvalue weighted by atomic mass is 16.2. The van der Waals surface area contributed by atoms with Gasteiger partial charge in [0.1, 0.15) is 0 Å². The zero-order valence-corrected chi connectivity index (χ0v) is 11.8. The molecule has 18 heavy (non-hydrogen) atoms. The van der Waals surface area contributed by atoms with Gasteiger partial charge in [0, 0.05) is 38.3 Å². The van der Waals surface area contributed by atoms with Crippen molar-refractivity contribution in [3.8, 4) is 0 Å². The lowest BCUT2D eigenvalue weighted by molar-refractivity contribution is 0.0900. The summed E-state index contributed by atoms with van der Waals surface area (Å²) in [7, 11) is 0. The SMILES string of the molecule is CC(C)NC(=O)N1CCN(C2CCCCC2)CC1. The molecule has 1 aliphatic carbocycles. The first-order valence-corrected chi connectivity index (χ1v) is 7.46. The molecule has 1 saturated heterocycles. The van der Waals surface area contributed by atoms with Gasteiger partial charge in [-0.15, -0.1) is 0 Å². The molecule has 4 nitrogen and oxygen atoms in total. The average Bonchev–Trinajstić information content (AvgIpc) is 2.39. The molecule has 2 rings (SSSR count). The van der Waals surface area contributed by atoms with E-state index in [9.17, 15) is 4.79 Å². The van der Waals surface area contributed by atoms with Crippen molar-refractivity contribution >= 4 is 6.03 Å². The summed E-state index contributed by atoms with van der Waals surface area (Å²) in [6.45, 7) is 7.89. The number of carbonyl (C=O) groups is 1. The van der Waals surface area contributed by atoms with Crippen LogP contribution in [-0.4, -0.2) is 54.1 Å². The number of piperazine rings is 1. The Morgan fingerprint density at radius 3 is 2.22 bits per heavy atom. The maximum Gasteiger partial charge on any atom is 0.317 e. The first-order valence-electron chi connectivity index (χ1n) is 7.46. The van der Waals surface area contributed by atoms with Crippen LogP contribution in [0.1, 0.15) is 46.0 Å². The van der Waals surface area contributed by atoms with Gasteiger partial charge in [-0.2, -0.15) is 0 Å². The molecule has 1 heterocycles. The molecule has 104 valence electrons. The Morgan fingerprint density at radius 1 is 1.06 bits per heavy atom. The summed E-state index contributed by atoms with van der Waals surface area (Å²) in [6.07, 6.45) is 6.90. The fourth-order valence-electron chi connectivity index (χ4n) is 3.07. The van der Waals surface area contributed by atoms with Gasteiger partial charge in [0.15, 0.2) is 0 Å². The van der Waals surface area contributed by atoms with Crippen LogP contribution in [0.2, 0.25) is 0 Å². The smallest absolute Gasteiger partial charge is 0.317 e. The monoisotopic (exact) mass is 253 g/mol. The van der Waals surface area contributed by atoms with Gasteiger partial charge in [0.05, 0.1) is 0 Å². The lowest BCUT2D eigenvalue weighted by atomic mass is 9.94. The highest BCUT2D eigenvalue weighted by Crippen LogP contribution is 2.23. The average molecular weight is 253 g/mol. The Morgan fingerprint density at radius 2 is 1.67 bits per heavy atom. The number of rotatable bonds is 2. The molecule has 2 amide bonds. The van der Waals surface area contributed by atoms with Crippen LogP contribution in [0.4, 0.5) is 4.79 Å². The number of hydrogen-bond donors (Lipinski definition) is 1. The van der Waals surface area contributed by atoms with Gasteiger partial charge in [0.25, 0.3) is 0 Å². The zero-order valence-electron chi connectivity index (χ0n) is 11.8. The van der Waals surface area contributed by atoms with Crippen molar-refractivity contribution in [1.29, 1.82) is 0 Å². The number of hydrogen-bond acceptors (Lipinski definition) is 2. The summed E-state index contributed by atoms with van der Waals surface area (Å²) in [5.41, 5.74) is 0. The molecule has 2 fully saturated rings. The summed E-state index contributed by atoms with van der Waals surface area (Å²) in [5, 5.41) is 2.98. The first kappa shape index (κ1) is 13.7. The molecular weight excluding hydrogens is 226 g/mol. The Kier molecular flexibility index (Phi) is 4.87. The van der Waals surface area contributed by atoms with Crippen LogP contribution >= 0.6 is 0 Å². The summed E-state index contributed by atoms with van der Waals surface area (Å²) in [4.78, 5) is 16.4. The predicted molar refractivity (Wildman–Crippen MR) is 73.7 cm³/mol. The topological polar surface area (TPSA) is 35.6 Å². The number of nitrogens with one attached hydrogen (secondary N) is 1. The maximum atomic E-state index is 11.9. The van der Waals surface area contributed by atoms with Crippen LogP contribution in [0.5, 0.6) is 0 Å². The van der Waals surface area contributed by atoms with E-state index in [1.807, 2.05) is 18.7 Å². The molecule has 0 aromatic heterocycles. The molecular formula is C14H27N3O. The minimum Gasteiger partial charge on any atom is -0.336 e. The fraction of sp³-hybridized carbons (Fsp3) is 0.929. The second-order valence-corrected chi connectivity index (χ2v) is 5.92. The normalized spacial score (nSPS) is 23.4. The Balaban J connectivity index is 1.75. The second kappa shape index (κ2) is 6.41. The van der Waals surface area contributed by atoms with E-state index in [1.165, 1.54) is 32.1 Å². The molecule has 1 N–H and O–H groups in total. The van der Waals surface area contributed by atoms with Crippen molar-refractivity contribution in [2.75, 3.05) is 26.2 Å². The van der Waals surface area contributed by atoms with Crippen LogP contribution in [0, 0.1) is 0 Å². The lowest BCUT2D eigenvalue weighted by Crippen LogP contribution is -2.55. The van der Waals surface area contributed by atoms with Crippen molar-refractivity contribution < 1.29 is 4.79 Å². The fourth-order valence-corrected chi connectivity index (χ4v) is 3.07. The number of carbonyl (C=O) groups excluding carboxylic acids is 1. The standard InChI is InChI=1S/C14H27N3O/c1-12(2)15-14(18)17-10-8-16(9-11-17)13-6-4-3-5-7-13/h12-13H,3-11H2,1-2H3,(H,15,18). The van der Waals surface area contributed by atoms with E-state index in [0.717, 1.165) is 32.2 Å². The van der Waals surface area contributed by atoms with Crippen molar-refractivity contribution in [2.24, 2.45) is 0 Å². The van der Waals surface area contributed by atoms with Crippen molar-refractivity contribution in [3.05, 3.63) is 0 Å². The molecule has 0 bridgehead atoms. The van der Waals surface area contributed by atoms with Gasteiger partial charge in [-0.25, -0.2) is 4.79 Å². The molecule has 1 aliphatic heterocycles. The van der Waals surface area contributed by atoms with Crippen LogP contribution < -0.4 is 5.32 Å². The maximum absolute atomic E-state index is 11.9. The second-order valence-electron chi connectivity index (χ2n) is 5.92. The molecule has 0 spiro atoms. The summed E-state index contributed by atoms with van der Waals surface area (Å²) in [5.74, 6) is 0. The Hall–Kier alpha value is -0.770. The highest BCUT2D eigenvalue weighted by Gasteiger charge is 2.26. The van der Waals surface area contributed by atoms with E-state index >= 15 is 0 Å². The van der Waals surface area contributed by atoms with Gasteiger partial charge in [-0.1, -0.05) is 19.3 Å². The summed E-state index contributed by atoms with van der Waals surface area (Å²) in [6, 6.07) is 1.12. The third-order valence-electron chi connectivity index (χ3n) is 4.10. The number of nitrogens with zero attached hydrogens (tertiary/aromatic N) is 2. The Bertz CT molecular complexity index is 266. The first-order chi connectivity index (χ1) is 8.66. The van der Waals surface area contributed by atoms with Gasteiger partial charge < -0.3 is 10.2 Å². The quantitative estimate of drug-likeness (QED) is 0.817. The van der Waals surface area contributed by atoms with E-state index in [0.29, 0.717) is 0 Å². The number of amides is 2. The lowest BCUT2D eigenvalue weighted by Gasteiger charge is -2.40. The molecule has 0 unspecified atom stereocenters. The van der Waals surface area contributed by atoms with Crippen molar-refractivity contribution in [2.45, 2.75) is 58.0 Å². The molecule has 0 aromatic rings. The van der Waals surface area contributed by atoms with Gasteiger partial charge >= 0.3 is 6.03 Å². The molecule has 1 saturated carbocycles. The van der Waals surface area contributed by atoms with Gasteiger partial charge in [0.2, 0.25) is 0 Å². The van der Waals surface area contributed by atoms with Crippen LogP contribution in [0.25, 0.3) is 0 Å².